The van der Waals surface area contributed by atoms with Gasteiger partial charge in [-0.05, 0) is 24.6 Å². The molecule has 0 aliphatic carbocycles. The largest absolute Gasteiger partial charge is 0.320 e. The molecule has 0 aliphatic rings. The van der Waals surface area contributed by atoms with Gasteiger partial charge in [0, 0.05) is 16.6 Å². The standard InChI is InChI=1S/C14H14N2OS/c1-11-10-18-14(17)16(11)9-13-5-2-4-12(8-13)6-3-7-15/h2,4-5,8,10H,7,9,15H2,1H3. The van der Waals surface area contributed by atoms with Gasteiger partial charge in [0.05, 0.1) is 13.1 Å². The van der Waals surface area contributed by atoms with Crippen molar-refractivity contribution >= 4 is 11.3 Å². The Morgan fingerprint density at radius 1 is 1.44 bits per heavy atom. The highest BCUT2D eigenvalue weighted by atomic mass is 32.1. The van der Waals surface area contributed by atoms with Crippen molar-refractivity contribution in [1.29, 1.82) is 0 Å². The third kappa shape index (κ3) is 2.89. The first kappa shape index (κ1) is 12.6. The molecule has 0 spiro atoms. The zero-order chi connectivity index (χ0) is 13.0. The molecule has 18 heavy (non-hydrogen) atoms. The summed E-state index contributed by atoms with van der Waals surface area (Å²) in [7, 11) is 0. The van der Waals surface area contributed by atoms with Crippen LogP contribution < -0.4 is 10.6 Å². The number of rotatable bonds is 2. The van der Waals surface area contributed by atoms with E-state index in [1.807, 2.05) is 36.6 Å². The van der Waals surface area contributed by atoms with E-state index in [4.69, 9.17) is 5.73 Å². The Morgan fingerprint density at radius 3 is 2.94 bits per heavy atom. The van der Waals surface area contributed by atoms with E-state index in [1.54, 1.807) is 4.57 Å². The van der Waals surface area contributed by atoms with E-state index in [1.165, 1.54) is 11.3 Å². The van der Waals surface area contributed by atoms with Crippen molar-refractivity contribution in [2.45, 2.75) is 13.5 Å². The third-order valence-corrected chi connectivity index (χ3v) is 3.46. The average molecular weight is 258 g/mol. The summed E-state index contributed by atoms with van der Waals surface area (Å²) in [5.74, 6) is 5.82. The highest BCUT2D eigenvalue weighted by Gasteiger charge is 2.03. The lowest BCUT2D eigenvalue weighted by Crippen LogP contribution is -2.15. The van der Waals surface area contributed by atoms with Crippen molar-refractivity contribution in [2.75, 3.05) is 6.54 Å². The van der Waals surface area contributed by atoms with Crippen LogP contribution in [0.25, 0.3) is 0 Å². The second-order valence-corrected chi connectivity index (χ2v) is 4.76. The summed E-state index contributed by atoms with van der Waals surface area (Å²) in [6, 6.07) is 7.88. The lowest BCUT2D eigenvalue weighted by molar-refractivity contribution is 0.755. The molecule has 0 aliphatic heterocycles. The first-order valence-electron chi connectivity index (χ1n) is 5.63. The lowest BCUT2D eigenvalue weighted by atomic mass is 10.1. The Hall–Kier alpha value is -1.83. The molecule has 0 saturated heterocycles. The number of nitrogens with two attached hydrogens (primary N) is 1. The fraction of sp³-hybridized carbons (Fsp3) is 0.214. The lowest BCUT2D eigenvalue weighted by Gasteiger charge is -2.05. The Balaban J connectivity index is 2.27. The van der Waals surface area contributed by atoms with Crippen molar-refractivity contribution in [3.63, 3.8) is 0 Å². The maximum atomic E-state index is 11.6. The van der Waals surface area contributed by atoms with Crippen molar-refractivity contribution in [2.24, 2.45) is 5.73 Å². The van der Waals surface area contributed by atoms with Crippen molar-refractivity contribution in [3.05, 3.63) is 56.1 Å². The number of hydrogen-bond donors (Lipinski definition) is 1. The molecule has 1 aromatic heterocycles. The molecule has 0 bridgehead atoms. The van der Waals surface area contributed by atoms with Crippen molar-refractivity contribution in [1.82, 2.24) is 4.57 Å². The van der Waals surface area contributed by atoms with E-state index in [-0.39, 0.29) is 4.87 Å². The third-order valence-electron chi connectivity index (χ3n) is 2.58. The number of hydrogen-bond acceptors (Lipinski definition) is 3. The summed E-state index contributed by atoms with van der Waals surface area (Å²) in [5.41, 5.74) is 8.34. The molecule has 0 amide bonds. The van der Waals surface area contributed by atoms with Crippen LogP contribution in [-0.2, 0) is 6.54 Å². The molecule has 0 unspecified atom stereocenters. The van der Waals surface area contributed by atoms with E-state index < -0.39 is 0 Å². The van der Waals surface area contributed by atoms with Crippen LogP contribution in [0.1, 0.15) is 16.8 Å². The number of aromatic nitrogens is 1. The van der Waals surface area contributed by atoms with Crippen LogP contribution in [0.3, 0.4) is 0 Å². The van der Waals surface area contributed by atoms with Crippen LogP contribution in [0.4, 0.5) is 0 Å². The molecule has 1 heterocycles. The van der Waals surface area contributed by atoms with E-state index >= 15 is 0 Å². The van der Waals surface area contributed by atoms with Gasteiger partial charge in [0.1, 0.15) is 0 Å². The molecule has 0 radical (unpaired) electrons. The van der Waals surface area contributed by atoms with Gasteiger partial charge in [-0.2, -0.15) is 0 Å². The molecule has 1 aromatic carbocycles. The minimum Gasteiger partial charge on any atom is -0.320 e. The van der Waals surface area contributed by atoms with E-state index in [9.17, 15) is 4.79 Å². The van der Waals surface area contributed by atoms with Crippen LogP contribution >= 0.6 is 11.3 Å². The number of benzene rings is 1. The summed E-state index contributed by atoms with van der Waals surface area (Å²) in [5, 5.41) is 1.88. The summed E-state index contributed by atoms with van der Waals surface area (Å²) in [6.07, 6.45) is 0. The van der Waals surface area contributed by atoms with Gasteiger partial charge >= 0.3 is 4.87 Å². The van der Waals surface area contributed by atoms with Gasteiger partial charge in [-0.25, -0.2) is 0 Å². The van der Waals surface area contributed by atoms with Gasteiger partial charge in [-0.3, -0.25) is 9.36 Å². The van der Waals surface area contributed by atoms with Gasteiger partial charge in [0.2, 0.25) is 0 Å². The Bertz CT molecular complexity index is 658. The second-order valence-electron chi connectivity index (χ2n) is 3.94. The highest BCUT2D eigenvalue weighted by molar-refractivity contribution is 7.07. The molecule has 0 atom stereocenters. The zero-order valence-corrected chi connectivity index (χ0v) is 11.0. The number of aryl methyl sites for hydroxylation is 1. The smallest absolute Gasteiger partial charge is 0.307 e. The molecule has 2 rings (SSSR count). The van der Waals surface area contributed by atoms with Gasteiger partial charge < -0.3 is 5.73 Å². The maximum absolute atomic E-state index is 11.6. The van der Waals surface area contributed by atoms with Gasteiger partial charge in [0.15, 0.2) is 0 Å². The quantitative estimate of drug-likeness (QED) is 0.831. The van der Waals surface area contributed by atoms with Gasteiger partial charge in [-0.15, -0.1) is 0 Å². The summed E-state index contributed by atoms with van der Waals surface area (Å²) < 4.78 is 1.76. The fourth-order valence-electron chi connectivity index (χ4n) is 1.68. The Morgan fingerprint density at radius 2 is 2.28 bits per heavy atom. The van der Waals surface area contributed by atoms with Crippen LogP contribution in [0.2, 0.25) is 0 Å². The van der Waals surface area contributed by atoms with Gasteiger partial charge in [-0.1, -0.05) is 35.3 Å². The summed E-state index contributed by atoms with van der Waals surface area (Å²) >= 11 is 1.23. The van der Waals surface area contributed by atoms with Crippen LogP contribution in [-0.4, -0.2) is 11.1 Å². The topological polar surface area (TPSA) is 48.0 Å². The predicted molar refractivity (Wildman–Crippen MR) is 74.8 cm³/mol. The van der Waals surface area contributed by atoms with Gasteiger partial charge in [0.25, 0.3) is 0 Å². The summed E-state index contributed by atoms with van der Waals surface area (Å²) in [4.78, 5) is 11.7. The molecular formula is C14H14N2OS. The summed E-state index contributed by atoms with van der Waals surface area (Å²) in [6.45, 7) is 2.88. The number of nitrogens with zero attached hydrogens (tertiary/aromatic N) is 1. The molecule has 92 valence electrons. The molecule has 0 saturated carbocycles. The van der Waals surface area contributed by atoms with E-state index in [0.29, 0.717) is 13.1 Å². The van der Waals surface area contributed by atoms with Crippen molar-refractivity contribution in [3.8, 4) is 11.8 Å². The van der Waals surface area contributed by atoms with E-state index in [0.717, 1.165) is 16.8 Å². The zero-order valence-electron chi connectivity index (χ0n) is 10.1. The number of thiazole rings is 1. The minimum atomic E-state index is 0.0749. The highest BCUT2D eigenvalue weighted by Crippen LogP contribution is 2.08. The molecule has 2 N–H and O–H groups in total. The molecular weight excluding hydrogens is 244 g/mol. The monoisotopic (exact) mass is 258 g/mol. The first-order valence-corrected chi connectivity index (χ1v) is 6.51. The van der Waals surface area contributed by atoms with Crippen molar-refractivity contribution < 1.29 is 0 Å². The minimum absolute atomic E-state index is 0.0749. The van der Waals surface area contributed by atoms with Crippen LogP contribution in [0.5, 0.6) is 0 Å². The maximum Gasteiger partial charge on any atom is 0.307 e. The SMILES string of the molecule is Cc1csc(=O)n1Cc1cccc(C#CCN)c1. The molecule has 4 heteroatoms. The average Bonchev–Trinajstić information content (AvgIpc) is 2.69. The molecule has 2 aromatic rings. The molecule has 0 fully saturated rings. The predicted octanol–water partition coefficient (Wildman–Crippen LogP) is 1.58. The second kappa shape index (κ2) is 5.67. The normalized spacial score (nSPS) is 9.89. The first-order chi connectivity index (χ1) is 8.70. The Kier molecular flexibility index (Phi) is 3.98. The fourth-order valence-corrected chi connectivity index (χ4v) is 2.41. The Labute approximate surface area is 110 Å². The van der Waals surface area contributed by atoms with Crippen LogP contribution in [0.15, 0.2) is 34.4 Å². The van der Waals surface area contributed by atoms with Crippen LogP contribution in [0, 0.1) is 18.8 Å². The van der Waals surface area contributed by atoms with E-state index in [2.05, 4.69) is 11.8 Å². The molecule has 3 nitrogen and oxygen atoms in total.